The van der Waals surface area contributed by atoms with Gasteiger partial charge in [0, 0.05) is 35.9 Å². The van der Waals surface area contributed by atoms with E-state index in [0.717, 1.165) is 29.5 Å². The molecule has 0 spiro atoms. The van der Waals surface area contributed by atoms with E-state index in [1.54, 1.807) is 35.8 Å². The molecule has 3 aromatic rings. The van der Waals surface area contributed by atoms with Gasteiger partial charge in [0.1, 0.15) is 16.5 Å². The molecular formula is C21H20N4O3S. The second-order valence-corrected chi connectivity index (χ2v) is 7.52. The number of aromatic nitrogens is 2. The maximum Gasteiger partial charge on any atom is 0.337 e. The fourth-order valence-electron chi connectivity index (χ4n) is 3.16. The Morgan fingerprint density at radius 2 is 1.86 bits per heavy atom. The number of pyridine rings is 1. The topological polar surface area (TPSA) is 84.4 Å². The van der Waals surface area contributed by atoms with Crippen molar-refractivity contribution in [3.8, 4) is 10.6 Å². The quantitative estimate of drug-likeness (QED) is 0.646. The molecule has 0 bridgehead atoms. The lowest BCUT2D eigenvalue weighted by Gasteiger charge is -2.15. The van der Waals surface area contributed by atoms with Gasteiger partial charge >= 0.3 is 5.97 Å². The average molecular weight is 408 g/mol. The van der Waals surface area contributed by atoms with Gasteiger partial charge in [-0.2, -0.15) is 0 Å². The van der Waals surface area contributed by atoms with Gasteiger partial charge in [0.25, 0.3) is 5.91 Å². The fraction of sp³-hybridized carbons (Fsp3) is 0.238. The van der Waals surface area contributed by atoms with Crippen molar-refractivity contribution in [3.05, 3.63) is 59.2 Å². The first kappa shape index (κ1) is 19.1. The van der Waals surface area contributed by atoms with Crippen molar-refractivity contribution in [3.63, 3.8) is 0 Å². The molecule has 7 nitrogen and oxygen atoms in total. The molecule has 1 fully saturated rings. The standard InChI is InChI=1S/C21H20N4O3S/c1-28-21(27)14-4-7-16(8-5-14)23-19(26)17-13-29-20(24-17)15-6-9-18(22-12-15)25-10-2-3-11-25/h4-9,12-13H,2-3,10-11H2,1H3,(H,23,26). The van der Waals surface area contributed by atoms with E-state index in [-0.39, 0.29) is 5.91 Å². The van der Waals surface area contributed by atoms with E-state index in [1.165, 1.54) is 31.3 Å². The Morgan fingerprint density at radius 1 is 1.10 bits per heavy atom. The molecule has 1 amide bonds. The average Bonchev–Trinajstić information content (AvgIpc) is 3.46. The summed E-state index contributed by atoms with van der Waals surface area (Å²) in [5.41, 5.74) is 2.23. The molecule has 4 rings (SSSR count). The third-order valence-corrected chi connectivity index (χ3v) is 5.62. The molecule has 8 heteroatoms. The predicted octanol–water partition coefficient (Wildman–Crippen LogP) is 3.84. The van der Waals surface area contributed by atoms with Crippen LogP contribution in [0.25, 0.3) is 10.6 Å². The van der Waals surface area contributed by atoms with Crippen LogP contribution in [0.4, 0.5) is 11.5 Å². The summed E-state index contributed by atoms with van der Waals surface area (Å²) in [4.78, 5) is 35.2. The molecule has 0 atom stereocenters. The van der Waals surface area contributed by atoms with Crippen molar-refractivity contribution in [2.24, 2.45) is 0 Å². The zero-order valence-corrected chi connectivity index (χ0v) is 16.7. The molecule has 148 valence electrons. The third kappa shape index (κ3) is 4.27. The highest BCUT2D eigenvalue weighted by atomic mass is 32.1. The van der Waals surface area contributed by atoms with E-state index in [1.807, 2.05) is 12.1 Å². The van der Waals surface area contributed by atoms with Crippen molar-refractivity contribution < 1.29 is 14.3 Å². The van der Waals surface area contributed by atoms with Crippen LogP contribution in [-0.2, 0) is 4.74 Å². The highest BCUT2D eigenvalue weighted by Gasteiger charge is 2.15. The lowest BCUT2D eigenvalue weighted by molar-refractivity contribution is 0.0600. The second kappa shape index (κ2) is 8.40. The number of nitrogens with zero attached hydrogens (tertiary/aromatic N) is 3. The van der Waals surface area contributed by atoms with Crippen molar-refractivity contribution in [1.29, 1.82) is 0 Å². The van der Waals surface area contributed by atoms with Crippen LogP contribution in [-0.4, -0.2) is 42.0 Å². The van der Waals surface area contributed by atoms with E-state index >= 15 is 0 Å². The van der Waals surface area contributed by atoms with Crippen LogP contribution in [0.2, 0.25) is 0 Å². The molecule has 0 unspecified atom stereocenters. The SMILES string of the molecule is COC(=O)c1ccc(NC(=O)c2csc(-c3ccc(N4CCCC4)nc3)n2)cc1. The summed E-state index contributed by atoms with van der Waals surface area (Å²) in [5, 5.41) is 5.26. The maximum atomic E-state index is 12.5. The van der Waals surface area contributed by atoms with Crippen LogP contribution >= 0.6 is 11.3 Å². The van der Waals surface area contributed by atoms with Crippen molar-refractivity contribution in [2.75, 3.05) is 30.4 Å². The molecular weight excluding hydrogens is 388 g/mol. The van der Waals surface area contributed by atoms with Crippen LogP contribution in [0.15, 0.2) is 48.0 Å². The number of carbonyl (C=O) groups is 2. The van der Waals surface area contributed by atoms with E-state index in [4.69, 9.17) is 0 Å². The first-order chi connectivity index (χ1) is 14.1. The Labute approximate surface area is 172 Å². The maximum absolute atomic E-state index is 12.5. The van der Waals surface area contributed by atoms with Gasteiger partial charge in [0.2, 0.25) is 0 Å². The highest BCUT2D eigenvalue weighted by Crippen LogP contribution is 2.26. The number of anilines is 2. The number of amides is 1. The summed E-state index contributed by atoms with van der Waals surface area (Å²) >= 11 is 1.40. The Kier molecular flexibility index (Phi) is 5.53. The van der Waals surface area contributed by atoms with E-state index < -0.39 is 5.97 Å². The Balaban J connectivity index is 1.42. The summed E-state index contributed by atoms with van der Waals surface area (Å²) < 4.78 is 4.66. The minimum Gasteiger partial charge on any atom is -0.465 e. The molecule has 2 aromatic heterocycles. The second-order valence-electron chi connectivity index (χ2n) is 6.66. The minimum atomic E-state index is -0.420. The smallest absolute Gasteiger partial charge is 0.337 e. The number of rotatable bonds is 5. The number of hydrogen-bond acceptors (Lipinski definition) is 7. The zero-order chi connectivity index (χ0) is 20.2. The largest absolute Gasteiger partial charge is 0.465 e. The van der Waals surface area contributed by atoms with E-state index in [0.29, 0.717) is 16.9 Å². The first-order valence-corrected chi connectivity index (χ1v) is 10.2. The number of hydrogen-bond donors (Lipinski definition) is 1. The third-order valence-electron chi connectivity index (χ3n) is 4.73. The number of esters is 1. The number of nitrogens with one attached hydrogen (secondary N) is 1. The Bertz CT molecular complexity index is 1010. The van der Waals surface area contributed by atoms with Crippen molar-refractivity contribution >= 4 is 34.7 Å². The molecule has 0 radical (unpaired) electrons. The fourth-order valence-corrected chi connectivity index (χ4v) is 3.95. The molecule has 1 aromatic carbocycles. The van der Waals surface area contributed by atoms with Crippen molar-refractivity contribution in [2.45, 2.75) is 12.8 Å². The number of methoxy groups -OCH3 is 1. The van der Waals surface area contributed by atoms with Gasteiger partial charge in [-0.3, -0.25) is 4.79 Å². The monoisotopic (exact) mass is 408 g/mol. The number of thiazole rings is 1. The van der Waals surface area contributed by atoms with Crippen LogP contribution < -0.4 is 10.2 Å². The molecule has 1 aliphatic rings. The predicted molar refractivity (Wildman–Crippen MR) is 113 cm³/mol. The van der Waals surface area contributed by atoms with Crippen molar-refractivity contribution in [1.82, 2.24) is 9.97 Å². The summed E-state index contributed by atoms with van der Waals surface area (Å²) in [6, 6.07) is 10.5. The Morgan fingerprint density at radius 3 is 2.52 bits per heavy atom. The lowest BCUT2D eigenvalue weighted by Crippen LogP contribution is -2.18. The first-order valence-electron chi connectivity index (χ1n) is 9.30. The summed E-state index contributed by atoms with van der Waals surface area (Å²) in [6.07, 6.45) is 4.22. The van der Waals surface area contributed by atoms with Gasteiger partial charge in [0.15, 0.2) is 0 Å². The summed E-state index contributed by atoms with van der Waals surface area (Å²) in [6.45, 7) is 2.10. The molecule has 1 saturated heterocycles. The van der Waals surface area contributed by atoms with Gasteiger partial charge < -0.3 is 15.0 Å². The van der Waals surface area contributed by atoms with E-state index in [2.05, 4.69) is 24.9 Å². The zero-order valence-electron chi connectivity index (χ0n) is 15.9. The number of ether oxygens (including phenoxy) is 1. The molecule has 1 N–H and O–H groups in total. The van der Waals surface area contributed by atoms with Crippen LogP contribution in [0.1, 0.15) is 33.7 Å². The minimum absolute atomic E-state index is 0.306. The highest BCUT2D eigenvalue weighted by molar-refractivity contribution is 7.13. The normalized spacial score (nSPS) is 13.3. The van der Waals surface area contributed by atoms with Gasteiger partial charge in [-0.1, -0.05) is 0 Å². The number of benzene rings is 1. The van der Waals surface area contributed by atoms with Gasteiger partial charge in [-0.05, 0) is 49.2 Å². The van der Waals surface area contributed by atoms with Gasteiger partial charge in [-0.25, -0.2) is 14.8 Å². The molecule has 0 saturated carbocycles. The number of carbonyl (C=O) groups excluding carboxylic acids is 2. The van der Waals surface area contributed by atoms with E-state index in [9.17, 15) is 9.59 Å². The lowest BCUT2D eigenvalue weighted by atomic mass is 10.2. The molecule has 3 heterocycles. The summed E-state index contributed by atoms with van der Waals surface area (Å²) in [7, 11) is 1.33. The molecule has 1 aliphatic heterocycles. The van der Waals surface area contributed by atoms with Gasteiger partial charge in [0.05, 0.1) is 12.7 Å². The van der Waals surface area contributed by atoms with Crippen LogP contribution in [0.3, 0.4) is 0 Å². The van der Waals surface area contributed by atoms with Gasteiger partial charge in [-0.15, -0.1) is 11.3 Å². The van der Waals surface area contributed by atoms with Crippen LogP contribution in [0.5, 0.6) is 0 Å². The molecule has 0 aliphatic carbocycles. The van der Waals surface area contributed by atoms with Crippen LogP contribution in [0, 0.1) is 0 Å². The Hall–Kier alpha value is -3.26. The molecule has 29 heavy (non-hydrogen) atoms. The summed E-state index contributed by atoms with van der Waals surface area (Å²) in [5.74, 6) is 0.257.